The van der Waals surface area contributed by atoms with Crippen LogP contribution in [-0.2, 0) is 6.54 Å². The summed E-state index contributed by atoms with van der Waals surface area (Å²) in [6.45, 7) is 0.0750. The van der Waals surface area contributed by atoms with E-state index >= 15 is 0 Å². The Hall–Kier alpha value is -1.59. The molecule has 0 spiro atoms. The lowest BCUT2D eigenvalue weighted by Crippen LogP contribution is -2.27. The Labute approximate surface area is 135 Å². The minimum Gasteiger partial charge on any atom is -0.398 e. The molecule has 0 saturated heterocycles. The van der Waals surface area contributed by atoms with E-state index in [2.05, 4.69) is 15.9 Å². The quantitative estimate of drug-likeness (QED) is 0.826. The molecule has 3 nitrogen and oxygen atoms in total. The van der Waals surface area contributed by atoms with Crippen LogP contribution in [0.4, 0.5) is 10.1 Å². The van der Waals surface area contributed by atoms with Gasteiger partial charge in [-0.2, -0.15) is 0 Å². The van der Waals surface area contributed by atoms with Crippen molar-refractivity contribution in [3.05, 3.63) is 62.8 Å². The highest BCUT2D eigenvalue weighted by Crippen LogP contribution is 2.26. The smallest absolute Gasteiger partial charge is 0.255 e. The number of benzene rings is 2. The summed E-state index contributed by atoms with van der Waals surface area (Å²) in [6.07, 6.45) is 0. The zero-order chi connectivity index (χ0) is 15.6. The molecule has 0 aliphatic rings. The summed E-state index contributed by atoms with van der Waals surface area (Å²) in [6, 6.07) is 9.47. The summed E-state index contributed by atoms with van der Waals surface area (Å²) >= 11 is 9.26. The molecule has 0 aliphatic carbocycles. The summed E-state index contributed by atoms with van der Waals surface area (Å²) in [5.41, 5.74) is 6.94. The van der Waals surface area contributed by atoms with Crippen LogP contribution < -0.4 is 5.73 Å². The average molecular weight is 372 g/mol. The van der Waals surface area contributed by atoms with Gasteiger partial charge in [-0.15, -0.1) is 0 Å². The molecule has 1 amide bonds. The number of anilines is 1. The molecule has 0 saturated carbocycles. The maximum absolute atomic E-state index is 13.8. The topological polar surface area (TPSA) is 46.3 Å². The molecule has 2 rings (SSSR count). The maximum atomic E-state index is 13.8. The van der Waals surface area contributed by atoms with E-state index < -0.39 is 5.82 Å². The summed E-state index contributed by atoms with van der Waals surface area (Å²) in [5, 5.41) is 0.293. The number of carbonyl (C=O) groups excluding carboxylic acids is 1. The SMILES string of the molecule is CN(Cc1c(F)cccc1Cl)C(=O)c1cccc(N)c1Br. The fourth-order valence-corrected chi connectivity index (χ4v) is 2.57. The van der Waals surface area contributed by atoms with Crippen molar-refractivity contribution >= 4 is 39.1 Å². The molecule has 2 N–H and O–H groups in total. The summed E-state index contributed by atoms with van der Waals surface area (Å²) < 4.78 is 14.3. The van der Waals surface area contributed by atoms with Crippen molar-refractivity contribution in [1.82, 2.24) is 4.90 Å². The molecule has 0 unspecified atom stereocenters. The zero-order valence-corrected chi connectivity index (χ0v) is 13.6. The molecule has 2 aromatic rings. The van der Waals surface area contributed by atoms with Crippen molar-refractivity contribution in [2.24, 2.45) is 0 Å². The second-order valence-corrected chi connectivity index (χ2v) is 5.77. The van der Waals surface area contributed by atoms with Crippen LogP contribution in [0.3, 0.4) is 0 Å². The minimum absolute atomic E-state index is 0.0750. The monoisotopic (exact) mass is 370 g/mol. The highest BCUT2D eigenvalue weighted by atomic mass is 79.9. The van der Waals surface area contributed by atoms with E-state index in [-0.39, 0.29) is 18.0 Å². The third kappa shape index (κ3) is 3.36. The van der Waals surface area contributed by atoms with Gasteiger partial charge in [0.25, 0.3) is 5.91 Å². The van der Waals surface area contributed by atoms with Crippen LogP contribution in [0.15, 0.2) is 40.9 Å². The number of nitrogens with zero attached hydrogens (tertiary/aromatic N) is 1. The van der Waals surface area contributed by atoms with Gasteiger partial charge in [-0.05, 0) is 40.2 Å². The highest BCUT2D eigenvalue weighted by Gasteiger charge is 2.18. The van der Waals surface area contributed by atoms with E-state index in [9.17, 15) is 9.18 Å². The Balaban J connectivity index is 2.26. The third-order valence-electron chi connectivity index (χ3n) is 3.06. The van der Waals surface area contributed by atoms with E-state index in [4.69, 9.17) is 17.3 Å². The van der Waals surface area contributed by atoms with Crippen LogP contribution in [0.1, 0.15) is 15.9 Å². The molecule has 2 aromatic carbocycles. The van der Waals surface area contributed by atoms with E-state index in [1.165, 1.54) is 17.0 Å². The van der Waals surface area contributed by atoms with E-state index in [1.807, 2.05) is 0 Å². The van der Waals surface area contributed by atoms with E-state index in [0.29, 0.717) is 20.7 Å². The summed E-state index contributed by atoms with van der Waals surface area (Å²) in [4.78, 5) is 13.8. The van der Waals surface area contributed by atoms with Crippen LogP contribution in [-0.4, -0.2) is 17.9 Å². The van der Waals surface area contributed by atoms with Crippen molar-refractivity contribution in [3.8, 4) is 0 Å². The average Bonchev–Trinajstić information content (AvgIpc) is 2.45. The van der Waals surface area contributed by atoms with Crippen molar-refractivity contribution in [2.45, 2.75) is 6.54 Å². The predicted molar refractivity (Wildman–Crippen MR) is 85.8 cm³/mol. The number of carbonyl (C=O) groups is 1. The Morgan fingerprint density at radius 2 is 2.00 bits per heavy atom. The van der Waals surface area contributed by atoms with Crippen LogP contribution in [0.2, 0.25) is 5.02 Å². The molecule has 0 atom stereocenters. The molecule has 0 radical (unpaired) electrons. The molecule has 0 aromatic heterocycles. The zero-order valence-electron chi connectivity index (χ0n) is 11.2. The number of rotatable bonds is 3. The lowest BCUT2D eigenvalue weighted by molar-refractivity contribution is 0.0783. The maximum Gasteiger partial charge on any atom is 0.255 e. The first-order valence-corrected chi connectivity index (χ1v) is 7.31. The lowest BCUT2D eigenvalue weighted by Gasteiger charge is -2.19. The van der Waals surface area contributed by atoms with Crippen molar-refractivity contribution in [3.63, 3.8) is 0 Å². The van der Waals surface area contributed by atoms with Gasteiger partial charge in [0.1, 0.15) is 5.82 Å². The van der Waals surface area contributed by atoms with Crippen LogP contribution in [0.25, 0.3) is 0 Å². The number of halogens is 3. The van der Waals surface area contributed by atoms with Crippen molar-refractivity contribution in [2.75, 3.05) is 12.8 Å². The Kier molecular flexibility index (Phi) is 4.85. The second kappa shape index (κ2) is 6.45. The first kappa shape index (κ1) is 15.8. The fraction of sp³-hybridized carbons (Fsp3) is 0.133. The normalized spacial score (nSPS) is 10.5. The first-order valence-electron chi connectivity index (χ1n) is 6.14. The molecule has 6 heteroatoms. The number of nitrogens with two attached hydrogens (primary N) is 1. The summed E-state index contributed by atoms with van der Waals surface area (Å²) in [5.74, 6) is -0.706. The fourth-order valence-electron chi connectivity index (χ4n) is 1.91. The lowest BCUT2D eigenvalue weighted by atomic mass is 10.1. The van der Waals surface area contributed by atoms with Gasteiger partial charge in [0.2, 0.25) is 0 Å². The molecule has 0 fully saturated rings. The Morgan fingerprint density at radius 1 is 1.33 bits per heavy atom. The molecule has 0 heterocycles. The van der Waals surface area contributed by atoms with Crippen LogP contribution in [0, 0.1) is 5.82 Å². The van der Waals surface area contributed by atoms with Crippen molar-refractivity contribution in [1.29, 1.82) is 0 Å². The van der Waals surface area contributed by atoms with Gasteiger partial charge in [0.15, 0.2) is 0 Å². The standard InChI is InChI=1S/C15H13BrClFN2O/c1-20(8-10-11(17)5-3-6-12(10)18)15(21)9-4-2-7-13(19)14(9)16/h2-7H,8,19H2,1H3. The molecule has 0 bridgehead atoms. The molecule has 21 heavy (non-hydrogen) atoms. The number of amides is 1. The molecule has 110 valence electrons. The van der Waals surface area contributed by atoms with E-state index in [1.54, 1.807) is 31.3 Å². The molecular weight excluding hydrogens is 359 g/mol. The van der Waals surface area contributed by atoms with Gasteiger partial charge in [-0.3, -0.25) is 4.79 Å². The van der Waals surface area contributed by atoms with Gasteiger partial charge >= 0.3 is 0 Å². The van der Waals surface area contributed by atoms with Crippen molar-refractivity contribution < 1.29 is 9.18 Å². The first-order chi connectivity index (χ1) is 9.91. The van der Waals surface area contributed by atoms with Gasteiger partial charge < -0.3 is 10.6 Å². The van der Waals surface area contributed by atoms with Crippen LogP contribution in [0.5, 0.6) is 0 Å². The van der Waals surface area contributed by atoms with Gasteiger partial charge in [0.05, 0.1) is 10.0 Å². The highest BCUT2D eigenvalue weighted by molar-refractivity contribution is 9.10. The number of hydrogen-bond donors (Lipinski definition) is 1. The summed E-state index contributed by atoms with van der Waals surface area (Å²) in [7, 11) is 1.58. The van der Waals surface area contributed by atoms with Gasteiger partial charge in [-0.25, -0.2) is 4.39 Å². The second-order valence-electron chi connectivity index (χ2n) is 4.57. The van der Waals surface area contributed by atoms with Crippen LogP contribution >= 0.6 is 27.5 Å². The molecule has 0 aliphatic heterocycles. The Bertz CT molecular complexity index is 673. The van der Waals surface area contributed by atoms with Gasteiger partial charge in [-0.1, -0.05) is 23.7 Å². The largest absolute Gasteiger partial charge is 0.398 e. The third-order valence-corrected chi connectivity index (χ3v) is 4.30. The number of hydrogen-bond acceptors (Lipinski definition) is 2. The molecular formula is C15H13BrClFN2O. The predicted octanol–water partition coefficient (Wildman–Crippen LogP) is 4.10. The van der Waals surface area contributed by atoms with Gasteiger partial charge in [0, 0.05) is 29.9 Å². The minimum atomic E-state index is -0.436. The Morgan fingerprint density at radius 3 is 2.67 bits per heavy atom. The number of nitrogen functional groups attached to an aromatic ring is 1. The van der Waals surface area contributed by atoms with E-state index in [0.717, 1.165) is 0 Å².